The number of benzene rings is 1. The van der Waals surface area contributed by atoms with Crippen molar-refractivity contribution in [2.24, 2.45) is 0 Å². The molecule has 2 heterocycles. The zero-order chi connectivity index (χ0) is 17.4. The first-order valence-corrected chi connectivity index (χ1v) is 8.37. The highest BCUT2D eigenvalue weighted by Crippen LogP contribution is 2.38. The van der Waals surface area contributed by atoms with Gasteiger partial charge in [0.05, 0.1) is 28.9 Å². The third-order valence-electron chi connectivity index (χ3n) is 3.88. The summed E-state index contributed by atoms with van der Waals surface area (Å²) in [6.45, 7) is 1.73. The van der Waals surface area contributed by atoms with Crippen LogP contribution in [0.2, 0.25) is 5.02 Å². The summed E-state index contributed by atoms with van der Waals surface area (Å²) in [6, 6.07) is 6.93. The molecule has 0 spiro atoms. The van der Waals surface area contributed by atoms with Gasteiger partial charge in [-0.2, -0.15) is 0 Å². The van der Waals surface area contributed by atoms with Crippen LogP contribution >= 0.6 is 22.9 Å². The Labute approximate surface area is 147 Å². The maximum absolute atomic E-state index is 12.9. The van der Waals surface area contributed by atoms with Crippen molar-refractivity contribution >= 4 is 45.7 Å². The second-order valence-electron chi connectivity index (χ2n) is 5.23. The van der Waals surface area contributed by atoms with Crippen LogP contribution in [-0.4, -0.2) is 28.7 Å². The number of ether oxygens (including phenoxy) is 1. The number of carbonyl (C=O) groups excluding carboxylic acids is 1. The molecule has 2 aromatic heterocycles. The molecule has 0 radical (unpaired) electrons. The monoisotopic (exact) mass is 363 g/mol. The van der Waals surface area contributed by atoms with Crippen LogP contribution in [0.1, 0.15) is 20.9 Å². The standard InChI is InChI=1S/C17H14ClNO4S/c1-9-10(8-14(20)21)15-11(5-6-12(23-2)16(15)18)19(9)17(22)13-4-3-7-24-13/h3-7H,8H2,1-2H3,(H,20,21). The van der Waals surface area contributed by atoms with Crippen LogP contribution in [0.4, 0.5) is 0 Å². The SMILES string of the molecule is COc1ccc2c(c1Cl)c(CC(=O)O)c(C)n2C(=O)c1cccs1. The molecule has 0 saturated carbocycles. The first-order chi connectivity index (χ1) is 11.5. The van der Waals surface area contributed by atoms with E-state index in [9.17, 15) is 14.7 Å². The maximum Gasteiger partial charge on any atom is 0.307 e. The van der Waals surface area contributed by atoms with Gasteiger partial charge in [-0.25, -0.2) is 0 Å². The van der Waals surface area contributed by atoms with E-state index in [0.29, 0.717) is 37.8 Å². The molecule has 0 fully saturated rings. The lowest BCUT2D eigenvalue weighted by atomic mass is 10.1. The normalized spacial score (nSPS) is 11.0. The fourth-order valence-corrected chi connectivity index (χ4v) is 3.82. The van der Waals surface area contributed by atoms with E-state index in [1.54, 1.807) is 31.2 Å². The molecule has 3 rings (SSSR count). The molecule has 0 aliphatic rings. The molecule has 0 saturated heterocycles. The Morgan fingerprint density at radius 3 is 2.67 bits per heavy atom. The van der Waals surface area contributed by atoms with Crippen LogP contribution in [0.25, 0.3) is 10.9 Å². The summed E-state index contributed by atoms with van der Waals surface area (Å²) in [4.78, 5) is 24.7. The maximum atomic E-state index is 12.9. The van der Waals surface area contributed by atoms with Crippen LogP contribution in [-0.2, 0) is 11.2 Å². The summed E-state index contributed by atoms with van der Waals surface area (Å²) in [7, 11) is 1.49. The molecule has 1 N–H and O–H groups in total. The number of carboxylic acids is 1. The van der Waals surface area contributed by atoms with Gasteiger partial charge in [0, 0.05) is 11.1 Å². The summed E-state index contributed by atoms with van der Waals surface area (Å²) in [6.07, 6.45) is -0.222. The van der Waals surface area contributed by atoms with E-state index in [2.05, 4.69) is 0 Å². The van der Waals surface area contributed by atoms with Crippen molar-refractivity contribution in [3.05, 3.63) is 50.8 Å². The predicted octanol–water partition coefficient (Wildman–Crippen LogP) is 3.99. The van der Waals surface area contributed by atoms with E-state index in [0.717, 1.165) is 0 Å². The summed E-state index contributed by atoms with van der Waals surface area (Å²) < 4.78 is 6.74. The molecule has 0 bridgehead atoms. The number of hydrogen-bond donors (Lipinski definition) is 1. The van der Waals surface area contributed by atoms with Gasteiger partial charge in [-0.05, 0) is 36.1 Å². The number of nitrogens with zero attached hydrogens (tertiary/aromatic N) is 1. The van der Waals surface area contributed by atoms with E-state index in [-0.39, 0.29) is 12.3 Å². The van der Waals surface area contributed by atoms with Crippen molar-refractivity contribution in [1.29, 1.82) is 0 Å². The molecule has 124 valence electrons. The number of aromatic nitrogens is 1. The summed E-state index contributed by atoms with van der Waals surface area (Å²) in [5, 5.41) is 11.9. The number of carbonyl (C=O) groups is 2. The van der Waals surface area contributed by atoms with Gasteiger partial charge < -0.3 is 9.84 Å². The highest BCUT2D eigenvalue weighted by atomic mass is 35.5. The topological polar surface area (TPSA) is 68.5 Å². The molecule has 0 aliphatic heterocycles. The average Bonchev–Trinajstić information content (AvgIpc) is 3.15. The second kappa shape index (κ2) is 6.30. The highest BCUT2D eigenvalue weighted by Gasteiger charge is 2.24. The van der Waals surface area contributed by atoms with E-state index in [1.165, 1.54) is 23.0 Å². The molecule has 7 heteroatoms. The Balaban J connectivity index is 2.34. The zero-order valence-electron chi connectivity index (χ0n) is 13.0. The van der Waals surface area contributed by atoms with Gasteiger partial charge in [-0.3, -0.25) is 14.2 Å². The molecule has 5 nitrogen and oxygen atoms in total. The van der Waals surface area contributed by atoms with Crippen LogP contribution in [0.5, 0.6) is 5.75 Å². The zero-order valence-corrected chi connectivity index (χ0v) is 14.6. The summed E-state index contributed by atoms with van der Waals surface area (Å²) in [5.41, 5.74) is 1.67. The quantitative estimate of drug-likeness (QED) is 0.761. The molecular formula is C17H14ClNO4S. The van der Waals surface area contributed by atoms with E-state index >= 15 is 0 Å². The van der Waals surface area contributed by atoms with Crippen molar-refractivity contribution in [3.63, 3.8) is 0 Å². The summed E-state index contributed by atoms with van der Waals surface area (Å²) in [5.74, 6) is -0.749. The number of aliphatic carboxylic acids is 1. The number of halogens is 1. The van der Waals surface area contributed by atoms with E-state index in [1.807, 2.05) is 5.38 Å². The van der Waals surface area contributed by atoms with Crippen molar-refractivity contribution in [2.75, 3.05) is 7.11 Å². The Morgan fingerprint density at radius 2 is 2.08 bits per heavy atom. The molecule has 0 amide bonds. The molecule has 24 heavy (non-hydrogen) atoms. The fourth-order valence-electron chi connectivity index (χ4n) is 2.81. The molecule has 1 aromatic carbocycles. The second-order valence-corrected chi connectivity index (χ2v) is 6.55. The highest BCUT2D eigenvalue weighted by molar-refractivity contribution is 7.12. The van der Waals surface area contributed by atoms with Gasteiger partial charge in [0.1, 0.15) is 5.75 Å². The Hall–Kier alpha value is -2.31. The first kappa shape index (κ1) is 16.5. The number of fused-ring (bicyclic) bond motifs is 1. The Morgan fingerprint density at radius 1 is 1.33 bits per heavy atom. The number of methoxy groups -OCH3 is 1. The van der Waals surface area contributed by atoms with Crippen LogP contribution in [0.3, 0.4) is 0 Å². The lowest BCUT2D eigenvalue weighted by molar-refractivity contribution is -0.136. The van der Waals surface area contributed by atoms with Gasteiger partial charge in [-0.1, -0.05) is 17.7 Å². The molecule has 0 unspecified atom stereocenters. The van der Waals surface area contributed by atoms with Gasteiger partial charge in [0.15, 0.2) is 0 Å². The van der Waals surface area contributed by atoms with E-state index < -0.39 is 5.97 Å². The summed E-state index contributed by atoms with van der Waals surface area (Å²) >= 11 is 7.74. The third kappa shape index (κ3) is 2.57. The first-order valence-electron chi connectivity index (χ1n) is 7.12. The smallest absolute Gasteiger partial charge is 0.307 e. The third-order valence-corrected chi connectivity index (χ3v) is 5.12. The molecule has 3 aromatic rings. The van der Waals surface area contributed by atoms with Crippen LogP contribution < -0.4 is 4.74 Å². The Bertz CT molecular complexity index is 944. The van der Waals surface area contributed by atoms with E-state index in [4.69, 9.17) is 16.3 Å². The van der Waals surface area contributed by atoms with Gasteiger partial charge >= 0.3 is 5.97 Å². The van der Waals surface area contributed by atoms with Crippen molar-refractivity contribution in [3.8, 4) is 5.75 Å². The van der Waals surface area contributed by atoms with Gasteiger partial charge in [0.25, 0.3) is 5.91 Å². The number of thiophene rings is 1. The lowest BCUT2D eigenvalue weighted by Crippen LogP contribution is -2.12. The Kier molecular flexibility index (Phi) is 4.34. The molecule has 0 aliphatic carbocycles. The van der Waals surface area contributed by atoms with Gasteiger partial charge in [0.2, 0.25) is 0 Å². The number of carboxylic acid groups (broad SMARTS) is 1. The van der Waals surface area contributed by atoms with Gasteiger partial charge in [-0.15, -0.1) is 11.3 Å². The van der Waals surface area contributed by atoms with Crippen molar-refractivity contribution in [1.82, 2.24) is 4.57 Å². The number of hydrogen-bond acceptors (Lipinski definition) is 4. The van der Waals surface area contributed by atoms with Crippen molar-refractivity contribution in [2.45, 2.75) is 13.3 Å². The minimum atomic E-state index is -0.986. The minimum absolute atomic E-state index is 0.203. The fraction of sp³-hybridized carbons (Fsp3) is 0.176. The lowest BCUT2D eigenvalue weighted by Gasteiger charge is -2.07. The van der Waals surface area contributed by atoms with Crippen molar-refractivity contribution < 1.29 is 19.4 Å². The predicted molar refractivity (Wildman–Crippen MR) is 93.6 cm³/mol. The molecular weight excluding hydrogens is 350 g/mol. The largest absolute Gasteiger partial charge is 0.495 e. The average molecular weight is 364 g/mol. The minimum Gasteiger partial charge on any atom is -0.495 e. The number of rotatable bonds is 4. The molecule has 0 atom stereocenters. The van der Waals surface area contributed by atoms with Crippen LogP contribution in [0, 0.1) is 6.92 Å². The van der Waals surface area contributed by atoms with Crippen LogP contribution in [0.15, 0.2) is 29.6 Å².